The van der Waals surface area contributed by atoms with Gasteiger partial charge in [-0.25, -0.2) is 15.0 Å². The number of guanidine groups is 1. The fourth-order valence-corrected chi connectivity index (χ4v) is 3.03. The summed E-state index contributed by atoms with van der Waals surface area (Å²) < 4.78 is 7.31. The summed E-state index contributed by atoms with van der Waals surface area (Å²) in [5.41, 5.74) is 11.4. The maximum Gasteiger partial charge on any atom is 0.203 e. The number of aliphatic hydroxyl groups excluding tert-OH is 3. The number of aromatic nitrogens is 4. The number of nitrogens with one attached hydrogen (secondary N) is 2. The van der Waals surface area contributed by atoms with Gasteiger partial charge in [-0.2, -0.15) is 0 Å². The molecule has 0 amide bonds. The lowest BCUT2D eigenvalue weighted by atomic mass is 10.1. The van der Waals surface area contributed by atoms with E-state index in [0.29, 0.717) is 30.2 Å². The molecule has 0 bridgehead atoms. The number of imidazole rings is 1. The molecule has 0 spiro atoms. The van der Waals surface area contributed by atoms with Gasteiger partial charge in [-0.15, -0.1) is 0 Å². The normalized spacial score (nSPS) is 24.8. The Morgan fingerprint density at radius 1 is 1.39 bits per heavy atom. The Hall–Kier alpha value is -2.58. The molecule has 0 radical (unpaired) electrons. The quantitative estimate of drug-likeness (QED) is 0.120. The number of H-pyrrole nitrogens is 1. The zero-order valence-electron chi connectivity index (χ0n) is 14.8. The van der Waals surface area contributed by atoms with Crippen LogP contribution in [-0.4, -0.2) is 78.8 Å². The van der Waals surface area contributed by atoms with Gasteiger partial charge in [-0.1, -0.05) is 24.4 Å². The van der Waals surface area contributed by atoms with Gasteiger partial charge in [0, 0.05) is 6.54 Å². The van der Waals surface area contributed by atoms with E-state index in [1.54, 1.807) is 6.08 Å². The van der Waals surface area contributed by atoms with Crippen molar-refractivity contribution in [2.45, 2.75) is 24.5 Å². The van der Waals surface area contributed by atoms with E-state index in [1.165, 1.54) is 10.9 Å². The van der Waals surface area contributed by atoms with Crippen LogP contribution in [-0.2, 0) is 4.74 Å². The van der Waals surface area contributed by atoms with Crippen molar-refractivity contribution in [3.05, 3.63) is 23.1 Å². The summed E-state index contributed by atoms with van der Waals surface area (Å²) >= 11 is 5.27. The highest BCUT2D eigenvalue weighted by Gasteiger charge is 2.43. The summed E-state index contributed by atoms with van der Waals surface area (Å²) in [5.74, 6) is 0.407. The molecule has 9 N–H and O–H groups in total. The van der Waals surface area contributed by atoms with Gasteiger partial charge >= 0.3 is 0 Å². The van der Waals surface area contributed by atoms with Gasteiger partial charge in [0.15, 0.2) is 16.8 Å². The number of fused-ring (bicyclic) bond motifs is 1. The molecule has 28 heavy (non-hydrogen) atoms. The molecule has 0 aromatic carbocycles. The molecule has 3 heterocycles. The third-order valence-corrected chi connectivity index (χ3v) is 4.46. The maximum atomic E-state index is 10.2. The summed E-state index contributed by atoms with van der Waals surface area (Å²) in [6, 6.07) is 0. The van der Waals surface area contributed by atoms with Crippen LogP contribution in [0, 0.1) is 4.64 Å². The lowest BCUT2D eigenvalue weighted by Gasteiger charge is -2.17. The molecule has 1 unspecified atom stereocenters. The molecule has 0 aliphatic carbocycles. The fourth-order valence-electron chi connectivity index (χ4n) is 2.79. The van der Waals surface area contributed by atoms with E-state index in [4.69, 9.17) is 28.4 Å². The molecule has 2 aromatic rings. The maximum absolute atomic E-state index is 10.2. The van der Waals surface area contributed by atoms with Crippen LogP contribution in [0.15, 0.2) is 23.5 Å². The highest BCUT2D eigenvalue weighted by molar-refractivity contribution is 7.71. The van der Waals surface area contributed by atoms with Crippen LogP contribution in [0.2, 0.25) is 0 Å². The van der Waals surface area contributed by atoms with Crippen LogP contribution in [0.4, 0.5) is 5.95 Å². The van der Waals surface area contributed by atoms with Crippen molar-refractivity contribution in [2.24, 2.45) is 16.5 Å². The zero-order valence-corrected chi connectivity index (χ0v) is 15.6. The molecular formula is C15H22N8O4S. The van der Waals surface area contributed by atoms with Gasteiger partial charge in [0.2, 0.25) is 5.95 Å². The van der Waals surface area contributed by atoms with Crippen LogP contribution < -0.4 is 16.8 Å². The predicted octanol–water partition coefficient (Wildman–Crippen LogP) is -1.66. The average Bonchev–Trinajstić information content (AvgIpc) is 3.20. The smallest absolute Gasteiger partial charge is 0.203 e. The minimum Gasteiger partial charge on any atom is -0.394 e. The number of aliphatic imine (C=N–C) groups is 1. The first-order valence-electron chi connectivity index (χ1n) is 8.46. The summed E-state index contributed by atoms with van der Waals surface area (Å²) in [5, 5.41) is 32.5. The second kappa shape index (κ2) is 8.62. The molecule has 0 saturated carbocycles. The standard InChI is InChI=1S/C15H22N8O4S/c16-14(17)18-3-1-2-4-19-15-21-11-8(12(28)22-15)20-6-23(11)13-10(26)9(25)7(5-24)27-13/h1-2,6-7,9-10,13,24-26H,3-5H2,(H4,16,17,18)(H2,19,21,22,28)/t7-,9?,10+,13-/m1/s1. The van der Waals surface area contributed by atoms with Crippen LogP contribution in [0.1, 0.15) is 6.23 Å². The average molecular weight is 410 g/mol. The Bertz CT molecular complexity index is 938. The molecule has 1 fully saturated rings. The number of aromatic amines is 1. The monoisotopic (exact) mass is 410 g/mol. The number of ether oxygens (including phenoxy) is 1. The first-order valence-corrected chi connectivity index (χ1v) is 8.86. The third kappa shape index (κ3) is 4.13. The Morgan fingerprint density at radius 2 is 2.18 bits per heavy atom. The summed E-state index contributed by atoms with van der Waals surface area (Å²) in [6.45, 7) is 0.383. The number of nitrogens with two attached hydrogens (primary N) is 2. The van der Waals surface area contributed by atoms with Gasteiger partial charge < -0.3 is 41.8 Å². The number of hydrogen-bond acceptors (Lipinski definition) is 9. The molecule has 1 aliphatic heterocycles. The van der Waals surface area contributed by atoms with Crippen molar-refractivity contribution in [1.82, 2.24) is 19.5 Å². The van der Waals surface area contributed by atoms with Gasteiger partial charge in [0.05, 0.1) is 19.5 Å². The molecule has 1 aliphatic rings. The lowest BCUT2D eigenvalue weighted by molar-refractivity contribution is -0.0511. The minimum absolute atomic E-state index is 0.0203. The van der Waals surface area contributed by atoms with Crippen LogP contribution in [0.25, 0.3) is 11.2 Å². The lowest BCUT2D eigenvalue weighted by Crippen LogP contribution is -2.33. The number of rotatable bonds is 7. The zero-order chi connectivity index (χ0) is 20.3. The summed E-state index contributed by atoms with van der Waals surface area (Å²) in [6.07, 6.45) is 0.747. The molecular weight excluding hydrogens is 388 g/mol. The SMILES string of the molecule is NC(N)=NCC=CCNc1nc(=S)c2ncn([C@@H]3O[C@H](CO)C(O)[C@@H]3O)c2[nH]1. The molecule has 152 valence electrons. The van der Waals surface area contributed by atoms with E-state index in [0.717, 1.165) is 0 Å². The van der Waals surface area contributed by atoms with E-state index in [1.807, 2.05) is 6.08 Å². The molecule has 1 saturated heterocycles. The summed E-state index contributed by atoms with van der Waals surface area (Å²) in [4.78, 5) is 15.3. The molecule has 13 heteroatoms. The largest absolute Gasteiger partial charge is 0.394 e. The number of hydrogen-bond donors (Lipinski definition) is 7. The Balaban J connectivity index is 1.79. The van der Waals surface area contributed by atoms with Crippen LogP contribution in [0.5, 0.6) is 0 Å². The van der Waals surface area contributed by atoms with E-state index in [9.17, 15) is 15.3 Å². The Kier molecular flexibility index (Phi) is 6.21. The molecule has 12 nitrogen and oxygen atoms in total. The van der Waals surface area contributed by atoms with Crippen molar-refractivity contribution in [1.29, 1.82) is 0 Å². The number of aliphatic hydroxyl groups is 3. The van der Waals surface area contributed by atoms with Crippen molar-refractivity contribution < 1.29 is 20.1 Å². The van der Waals surface area contributed by atoms with Gasteiger partial charge in [-0.3, -0.25) is 4.57 Å². The van der Waals surface area contributed by atoms with Gasteiger partial charge in [0.25, 0.3) is 0 Å². The van der Waals surface area contributed by atoms with Crippen LogP contribution >= 0.6 is 12.2 Å². The highest BCUT2D eigenvalue weighted by atomic mass is 32.1. The minimum atomic E-state index is -1.24. The van der Waals surface area contributed by atoms with E-state index in [2.05, 4.69) is 25.3 Å². The molecule has 2 aromatic heterocycles. The predicted molar refractivity (Wildman–Crippen MR) is 104 cm³/mol. The Labute approximate surface area is 164 Å². The Morgan fingerprint density at radius 3 is 2.86 bits per heavy atom. The highest BCUT2D eigenvalue weighted by Crippen LogP contribution is 2.31. The van der Waals surface area contributed by atoms with Crippen LogP contribution in [0.3, 0.4) is 0 Å². The summed E-state index contributed by atoms with van der Waals surface area (Å²) in [7, 11) is 0. The van der Waals surface area contributed by atoms with Crippen molar-refractivity contribution >= 4 is 35.3 Å². The third-order valence-electron chi connectivity index (χ3n) is 4.17. The molecule has 3 rings (SSSR count). The van der Waals surface area contributed by atoms with E-state index >= 15 is 0 Å². The first-order chi connectivity index (χ1) is 13.4. The second-order valence-electron chi connectivity index (χ2n) is 6.09. The first kappa shape index (κ1) is 20.2. The second-order valence-corrected chi connectivity index (χ2v) is 6.47. The topological polar surface area (TPSA) is 193 Å². The van der Waals surface area contributed by atoms with Crippen molar-refractivity contribution in [3.8, 4) is 0 Å². The van der Waals surface area contributed by atoms with E-state index < -0.39 is 31.1 Å². The van der Waals surface area contributed by atoms with E-state index in [-0.39, 0.29) is 10.6 Å². The number of anilines is 1. The van der Waals surface area contributed by atoms with Gasteiger partial charge in [-0.05, 0) is 0 Å². The fraction of sp³-hybridized carbons (Fsp3) is 0.467. The van der Waals surface area contributed by atoms with Crippen molar-refractivity contribution in [3.63, 3.8) is 0 Å². The van der Waals surface area contributed by atoms with Gasteiger partial charge in [0.1, 0.15) is 29.5 Å². The number of nitrogens with zero attached hydrogens (tertiary/aromatic N) is 4. The molecule has 4 atom stereocenters. The van der Waals surface area contributed by atoms with Crippen molar-refractivity contribution in [2.75, 3.05) is 25.0 Å².